The molecule has 0 spiro atoms. The predicted octanol–water partition coefficient (Wildman–Crippen LogP) is 3.88. The molecule has 0 saturated heterocycles. The average molecular weight is 382 g/mol. The van der Waals surface area contributed by atoms with Crippen molar-refractivity contribution in [3.8, 4) is 0 Å². The molecular formula is C23H14N2O4. The molecule has 0 bridgehead atoms. The Balaban J connectivity index is 1.59. The second-order valence-corrected chi connectivity index (χ2v) is 6.90. The van der Waals surface area contributed by atoms with Gasteiger partial charge in [-0.05, 0) is 29.8 Å². The third kappa shape index (κ3) is 2.57. The van der Waals surface area contributed by atoms with Gasteiger partial charge in [-0.25, -0.2) is 9.78 Å². The molecule has 0 radical (unpaired) electrons. The Hall–Kier alpha value is -4.06. The third-order valence-corrected chi connectivity index (χ3v) is 5.18. The van der Waals surface area contributed by atoms with Crippen LogP contribution in [-0.4, -0.2) is 32.8 Å². The zero-order valence-corrected chi connectivity index (χ0v) is 15.1. The molecule has 140 valence electrons. The molecule has 5 rings (SSSR count). The Bertz CT molecular complexity index is 1320. The number of carbonyl (C=O) groups is 3. The molecule has 0 atom stereocenters. The summed E-state index contributed by atoms with van der Waals surface area (Å²) in [5.74, 6) is -1.69. The molecule has 4 aromatic rings. The first kappa shape index (κ1) is 17.1. The summed E-state index contributed by atoms with van der Waals surface area (Å²) in [6.45, 7) is 0.0964. The van der Waals surface area contributed by atoms with E-state index >= 15 is 0 Å². The summed E-state index contributed by atoms with van der Waals surface area (Å²) in [7, 11) is 0. The number of fused-ring (bicyclic) bond motifs is 3. The lowest BCUT2D eigenvalue weighted by atomic mass is 10.0. The van der Waals surface area contributed by atoms with Crippen molar-refractivity contribution in [2.75, 3.05) is 0 Å². The van der Waals surface area contributed by atoms with E-state index in [1.807, 2.05) is 0 Å². The van der Waals surface area contributed by atoms with Gasteiger partial charge in [0, 0.05) is 10.8 Å². The molecule has 2 heterocycles. The first-order valence-electron chi connectivity index (χ1n) is 9.04. The van der Waals surface area contributed by atoms with Crippen molar-refractivity contribution in [2.45, 2.75) is 6.54 Å². The lowest BCUT2D eigenvalue weighted by Gasteiger charge is -2.15. The van der Waals surface area contributed by atoms with Gasteiger partial charge >= 0.3 is 5.97 Å². The van der Waals surface area contributed by atoms with Crippen molar-refractivity contribution in [3.05, 3.63) is 89.0 Å². The van der Waals surface area contributed by atoms with Crippen molar-refractivity contribution in [3.63, 3.8) is 0 Å². The second-order valence-electron chi connectivity index (χ2n) is 6.90. The maximum atomic E-state index is 12.6. The van der Waals surface area contributed by atoms with Gasteiger partial charge in [0.15, 0.2) is 0 Å². The summed E-state index contributed by atoms with van der Waals surface area (Å²) >= 11 is 0. The number of amides is 2. The summed E-state index contributed by atoms with van der Waals surface area (Å²) in [6, 6.07) is 19.0. The van der Waals surface area contributed by atoms with Crippen LogP contribution in [0.5, 0.6) is 0 Å². The molecule has 0 saturated carbocycles. The highest BCUT2D eigenvalue weighted by molar-refractivity contribution is 6.21. The van der Waals surface area contributed by atoms with E-state index in [1.54, 1.807) is 66.7 Å². The molecule has 2 amide bonds. The zero-order chi connectivity index (χ0) is 20.1. The van der Waals surface area contributed by atoms with Gasteiger partial charge in [0.2, 0.25) is 0 Å². The number of carboxylic acids is 1. The number of hydrogen-bond acceptors (Lipinski definition) is 4. The molecule has 0 aliphatic carbocycles. The maximum absolute atomic E-state index is 12.6. The molecule has 0 unspecified atom stereocenters. The number of benzene rings is 3. The number of aromatic nitrogens is 1. The van der Waals surface area contributed by atoms with Crippen LogP contribution in [0.25, 0.3) is 21.8 Å². The van der Waals surface area contributed by atoms with Gasteiger partial charge in [0.1, 0.15) is 0 Å². The minimum absolute atomic E-state index is 0.0964. The lowest BCUT2D eigenvalue weighted by molar-refractivity contribution is 0.0640. The average Bonchev–Trinajstić information content (AvgIpc) is 2.97. The van der Waals surface area contributed by atoms with E-state index in [0.29, 0.717) is 38.5 Å². The quantitative estimate of drug-likeness (QED) is 0.429. The molecule has 1 N–H and O–H groups in total. The van der Waals surface area contributed by atoms with Crippen molar-refractivity contribution in [1.29, 1.82) is 0 Å². The topological polar surface area (TPSA) is 87.6 Å². The van der Waals surface area contributed by atoms with Crippen LogP contribution in [0.2, 0.25) is 0 Å². The first-order chi connectivity index (χ1) is 14.0. The number of hydrogen-bond donors (Lipinski definition) is 1. The van der Waals surface area contributed by atoms with Gasteiger partial charge in [-0.1, -0.05) is 42.5 Å². The fourth-order valence-corrected chi connectivity index (χ4v) is 3.83. The molecule has 6 nitrogen and oxygen atoms in total. The summed E-state index contributed by atoms with van der Waals surface area (Å²) in [6.07, 6.45) is 0. The largest absolute Gasteiger partial charge is 0.478 e. The van der Waals surface area contributed by atoms with Crippen LogP contribution in [0, 0.1) is 0 Å². The number of aromatic carboxylic acids is 1. The first-order valence-corrected chi connectivity index (χ1v) is 9.04. The second kappa shape index (κ2) is 6.24. The van der Waals surface area contributed by atoms with Crippen molar-refractivity contribution in [1.82, 2.24) is 9.88 Å². The van der Waals surface area contributed by atoms with Gasteiger partial charge in [-0.3, -0.25) is 14.5 Å². The minimum atomic E-state index is -1.03. The summed E-state index contributed by atoms with van der Waals surface area (Å²) in [5.41, 5.74) is 2.78. The smallest absolute Gasteiger partial charge is 0.337 e. The summed E-state index contributed by atoms with van der Waals surface area (Å²) in [4.78, 5) is 42.9. The fraction of sp³-hybridized carbons (Fsp3) is 0.0435. The Morgan fingerprint density at radius 2 is 1.45 bits per heavy atom. The SMILES string of the molecule is O=C(O)c1c2ccccc2nc2cc(CN3C(=O)c4ccccc4C3=O)ccc12. The number of rotatable bonds is 3. The third-order valence-electron chi connectivity index (χ3n) is 5.18. The minimum Gasteiger partial charge on any atom is -0.478 e. The highest BCUT2D eigenvalue weighted by Gasteiger charge is 2.35. The van der Waals surface area contributed by atoms with E-state index in [9.17, 15) is 19.5 Å². The van der Waals surface area contributed by atoms with E-state index in [0.717, 1.165) is 0 Å². The van der Waals surface area contributed by atoms with E-state index in [2.05, 4.69) is 4.98 Å². The van der Waals surface area contributed by atoms with Gasteiger partial charge < -0.3 is 5.11 Å². The number of imide groups is 1. The summed E-state index contributed by atoms with van der Waals surface area (Å²) in [5, 5.41) is 10.8. The van der Waals surface area contributed by atoms with Gasteiger partial charge in [-0.2, -0.15) is 0 Å². The van der Waals surface area contributed by atoms with E-state index in [1.165, 1.54) is 4.90 Å². The molecule has 1 aliphatic heterocycles. The van der Waals surface area contributed by atoms with Gasteiger partial charge in [0.25, 0.3) is 11.8 Å². The van der Waals surface area contributed by atoms with Crippen molar-refractivity contribution >= 4 is 39.6 Å². The van der Waals surface area contributed by atoms with Crippen molar-refractivity contribution in [2.24, 2.45) is 0 Å². The summed E-state index contributed by atoms with van der Waals surface area (Å²) < 4.78 is 0. The van der Waals surface area contributed by atoms with Crippen LogP contribution in [0.4, 0.5) is 0 Å². The number of pyridine rings is 1. The van der Waals surface area contributed by atoms with Gasteiger partial charge in [-0.15, -0.1) is 0 Å². The highest BCUT2D eigenvalue weighted by atomic mass is 16.4. The molecule has 1 aromatic heterocycles. The maximum Gasteiger partial charge on any atom is 0.337 e. The molecule has 3 aromatic carbocycles. The lowest BCUT2D eigenvalue weighted by Crippen LogP contribution is -2.29. The Labute approximate surface area is 165 Å². The van der Waals surface area contributed by atoms with Crippen LogP contribution in [0.3, 0.4) is 0 Å². The monoisotopic (exact) mass is 382 g/mol. The predicted molar refractivity (Wildman–Crippen MR) is 107 cm³/mol. The van der Waals surface area contributed by atoms with Gasteiger partial charge in [0.05, 0.1) is 34.3 Å². The standard InChI is InChI=1S/C23H14N2O4/c26-21-14-5-1-2-6-15(14)22(27)25(21)12-13-9-10-17-19(11-13)24-18-8-4-3-7-16(18)20(17)23(28)29/h1-11H,12H2,(H,28,29). The molecule has 6 heteroatoms. The van der Waals surface area contributed by atoms with E-state index < -0.39 is 5.97 Å². The van der Waals surface area contributed by atoms with Crippen LogP contribution in [0.15, 0.2) is 66.7 Å². The van der Waals surface area contributed by atoms with Crippen molar-refractivity contribution < 1.29 is 19.5 Å². The zero-order valence-electron chi connectivity index (χ0n) is 15.1. The van der Waals surface area contributed by atoms with E-state index in [-0.39, 0.29) is 23.9 Å². The molecule has 1 aliphatic rings. The molecule has 0 fully saturated rings. The molecule has 29 heavy (non-hydrogen) atoms. The highest BCUT2D eigenvalue weighted by Crippen LogP contribution is 2.29. The van der Waals surface area contributed by atoms with Crippen LogP contribution >= 0.6 is 0 Å². The molecular weight excluding hydrogens is 368 g/mol. The Kier molecular flexibility index (Phi) is 3.67. The van der Waals surface area contributed by atoms with Crippen LogP contribution in [0.1, 0.15) is 36.6 Å². The van der Waals surface area contributed by atoms with Crippen LogP contribution < -0.4 is 0 Å². The number of carboxylic acid groups (broad SMARTS) is 1. The van der Waals surface area contributed by atoms with Crippen LogP contribution in [-0.2, 0) is 6.54 Å². The normalized spacial score (nSPS) is 13.3. The number of para-hydroxylation sites is 1. The fourth-order valence-electron chi connectivity index (χ4n) is 3.83. The Morgan fingerprint density at radius 3 is 2.14 bits per heavy atom. The van der Waals surface area contributed by atoms with E-state index in [4.69, 9.17) is 0 Å². The number of nitrogens with zero attached hydrogens (tertiary/aromatic N) is 2. The number of carbonyl (C=O) groups excluding carboxylic acids is 2. The Morgan fingerprint density at radius 1 is 0.828 bits per heavy atom.